The van der Waals surface area contributed by atoms with Gasteiger partial charge in [0.25, 0.3) is 0 Å². The Morgan fingerprint density at radius 2 is 1.00 bits per heavy atom. The number of hydrogen-bond acceptors (Lipinski definition) is 1. The van der Waals surface area contributed by atoms with E-state index in [1.54, 1.807) is 0 Å². The van der Waals surface area contributed by atoms with E-state index in [2.05, 4.69) is 19.6 Å². The Kier molecular flexibility index (Phi) is 6.33. The predicted molar refractivity (Wildman–Crippen MR) is 38.9 cm³/mol. The Morgan fingerprint density at radius 3 is 1.00 bits per heavy atom. The van der Waals surface area contributed by atoms with Crippen molar-refractivity contribution >= 4 is 8.24 Å². The molecule has 0 aliphatic heterocycles. The zero-order valence-electron chi connectivity index (χ0n) is 6.08. The van der Waals surface area contributed by atoms with Gasteiger partial charge in [-0.1, -0.05) is 33.5 Å². The average Bonchev–Trinajstić information content (AvgIpc) is 1.36. The van der Waals surface area contributed by atoms with Crippen molar-refractivity contribution in [1.82, 2.24) is 0 Å². The lowest BCUT2D eigenvalue weighted by molar-refractivity contribution is 1.50. The average molecular weight is 119 g/mol. The van der Waals surface area contributed by atoms with Crippen LogP contribution in [0.1, 0.15) is 13.8 Å². The van der Waals surface area contributed by atoms with Gasteiger partial charge in [-0.05, 0) is 0 Å². The molecule has 7 heavy (non-hydrogen) atoms. The first-order chi connectivity index (χ1) is 3.00. The van der Waals surface area contributed by atoms with Gasteiger partial charge in [0, 0.05) is 0 Å². The lowest BCUT2D eigenvalue weighted by Gasteiger charge is -2.02. The third-order valence-corrected chi connectivity index (χ3v) is 0. The molecule has 0 saturated heterocycles. The van der Waals surface area contributed by atoms with E-state index in [1.165, 1.54) is 0 Å². The van der Waals surface area contributed by atoms with Gasteiger partial charge in [-0.2, -0.15) is 0 Å². The van der Waals surface area contributed by atoms with Crippen LogP contribution in [0.3, 0.4) is 0 Å². The molecule has 0 rings (SSSR count). The molecule has 0 aromatic heterocycles. The predicted octanol–water partition coefficient (Wildman–Crippen LogP) is 1.81. The molecule has 0 aromatic carbocycles. The third kappa shape index (κ3) is 3440. The van der Waals surface area contributed by atoms with Gasteiger partial charge in [-0.25, -0.2) is 0 Å². The normalized spacial score (nSPS) is 9.43. The first-order valence-corrected chi connectivity index (χ1v) is 6.37. The molecular formula is C5H17NSi. The van der Waals surface area contributed by atoms with E-state index in [4.69, 9.17) is 5.40 Å². The van der Waals surface area contributed by atoms with E-state index in [0.717, 1.165) is 0 Å². The lowest BCUT2D eigenvalue weighted by Crippen LogP contribution is -2.32. The highest BCUT2D eigenvalue weighted by Gasteiger charge is 2.00. The molecule has 0 aromatic rings. The molecule has 2 heteroatoms. The Labute approximate surface area is 48.0 Å². The Morgan fingerprint density at radius 1 is 1.00 bits per heavy atom. The number of rotatable bonds is 0. The Hall–Kier alpha value is 0.177. The fourth-order valence-electron chi connectivity index (χ4n) is 0. The summed E-state index contributed by atoms with van der Waals surface area (Å²) in [5.74, 6) is 0. The largest absolute Gasteiger partial charge is 0.351 e. The summed E-state index contributed by atoms with van der Waals surface area (Å²) in [6.45, 7) is 10.3. The van der Waals surface area contributed by atoms with Crippen molar-refractivity contribution in [2.75, 3.05) is 0 Å². The molecule has 0 spiro atoms. The molecule has 0 aliphatic carbocycles. The van der Waals surface area contributed by atoms with Gasteiger partial charge in [-0.15, -0.1) is 0 Å². The van der Waals surface area contributed by atoms with Crippen LogP contribution in [0.25, 0.3) is 0 Å². The van der Waals surface area contributed by atoms with Crippen LogP contribution in [0.4, 0.5) is 0 Å². The maximum atomic E-state index is 5.49. The Balaban J connectivity index is 0. The SMILES string of the molecule is CC.C[Si](C)(C)N. The van der Waals surface area contributed by atoms with E-state index < -0.39 is 8.24 Å². The summed E-state index contributed by atoms with van der Waals surface area (Å²) in [5, 5.41) is 5.49. The molecule has 0 radical (unpaired) electrons. The summed E-state index contributed by atoms with van der Waals surface area (Å²) in [4.78, 5) is 0. The van der Waals surface area contributed by atoms with Gasteiger partial charge < -0.3 is 5.40 Å². The minimum atomic E-state index is -1.11. The first kappa shape index (κ1) is 10.2. The van der Waals surface area contributed by atoms with Crippen LogP contribution in [0.5, 0.6) is 0 Å². The third-order valence-electron chi connectivity index (χ3n) is 0. The highest BCUT2D eigenvalue weighted by atomic mass is 28.3. The van der Waals surface area contributed by atoms with Crippen LogP contribution >= 0.6 is 0 Å². The topological polar surface area (TPSA) is 26.0 Å². The van der Waals surface area contributed by atoms with Crippen LogP contribution in [0.2, 0.25) is 19.6 Å². The molecule has 2 N–H and O–H groups in total. The van der Waals surface area contributed by atoms with E-state index in [1.807, 2.05) is 13.8 Å². The quantitative estimate of drug-likeness (QED) is 0.483. The molecule has 0 unspecified atom stereocenters. The fraction of sp³-hybridized carbons (Fsp3) is 1.00. The smallest absolute Gasteiger partial charge is 0.113 e. The zero-order chi connectivity index (χ0) is 6.50. The summed E-state index contributed by atoms with van der Waals surface area (Å²) in [6, 6.07) is 0. The molecule has 0 aliphatic rings. The molecule has 0 heterocycles. The van der Waals surface area contributed by atoms with Gasteiger partial charge in [0.2, 0.25) is 0 Å². The van der Waals surface area contributed by atoms with Crippen LogP contribution in [0, 0.1) is 0 Å². The van der Waals surface area contributed by atoms with E-state index in [-0.39, 0.29) is 0 Å². The maximum absolute atomic E-state index is 5.49. The van der Waals surface area contributed by atoms with Crippen molar-refractivity contribution in [3.63, 3.8) is 0 Å². The summed E-state index contributed by atoms with van der Waals surface area (Å²) in [5.41, 5.74) is 0. The second kappa shape index (κ2) is 4.34. The van der Waals surface area contributed by atoms with Crippen LogP contribution in [0.15, 0.2) is 0 Å². The van der Waals surface area contributed by atoms with Crippen molar-refractivity contribution in [3.8, 4) is 0 Å². The van der Waals surface area contributed by atoms with Gasteiger partial charge in [0.05, 0.1) is 0 Å². The highest BCUT2D eigenvalue weighted by molar-refractivity contribution is 6.72. The monoisotopic (exact) mass is 119 g/mol. The molecule has 1 nitrogen and oxygen atoms in total. The molecule has 0 bridgehead atoms. The van der Waals surface area contributed by atoms with Crippen molar-refractivity contribution in [2.45, 2.75) is 33.5 Å². The summed E-state index contributed by atoms with van der Waals surface area (Å²) < 4.78 is 0. The minimum Gasteiger partial charge on any atom is -0.351 e. The van der Waals surface area contributed by atoms with Crippen LogP contribution < -0.4 is 5.40 Å². The van der Waals surface area contributed by atoms with Gasteiger partial charge >= 0.3 is 0 Å². The Bertz CT molecular complexity index is 23.6. The van der Waals surface area contributed by atoms with Crippen LogP contribution in [-0.4, -0.2) is 8.24 Å². The number of hydrogen-bond donors (Lipinski definition) is 1. The van der Waals surface area contributed by atoms with Crippen molar-refractivity contribution in [3.05, 3.63) is 0 Å². The molecule has 0 saturated carbocycles. The summed E-state index contributed by atoms with van der Waals surface area (Å²) >= 11 is 0. The van der Waals surface area contributed by atoms with E-state index in [0.29, 0.717) is 0 Å². The highest BCUT2D eigenvalue weighted by Crippen LogP contribution is 1.83. The van der Waals surface area contributed by atoms with Gasteiger partial charge in [0.15, 0.2) is 0 Å². The summed E-state index contributed by atoms with van der Waals surface area (Å²) in [7, 11) is -1.11. The van der Waals surface area contributed by atoms with E-state index in [9.17, 15) is 0 Å². The van der Waals surface area contributed by atoms with Gasteiger partial charge in [0.1, 0.15) is 8.24 Å². The standard InChI is InChI=1S/C3H11NSi.C2H6/c1-5(2,3)4;1-2/h4H2,1-3H3;1-2H3. The number of nitrogens with two attached hydrogens (primary N) is 1. The van der Waals surface area contributed by atoms with E-state index >= 15 is 0 Å². The van der Waals surface area contributed by atoms with Crippen molar-refractivity contribution in [2.24, 2.45) is 5.40 Å². The van der Waals surface area contributed by atoms with Gasteiger partial charge in [-0.3, -0.25) is 0 Å². The van der Waals surface area contributed by atoms with Crippen LogP contribution in [-0.2, 0) is 0 Å². The molecule has 0 amide bonds. The lowest BCUT2D eigenvalue weighted by atomic mass is 11.0. The minimum absolute atomic E-state index is 1.11. The second-order valence-corrected chi connectivity index (χ2v) is 7.10. The fourth-order valence-corrected chi connectivity index (χ4v) is 0. The van der Waals surface area contributed by atoms with Crippen molar-refractivity contribution in [1.29, 1.82) is 0 Å². The molecule has 0 atom stereocenters. The zero-order valence-corrected chi connectivity index (χ0v) is 7.08. The van der Waals surface area contributed by atoms with Crippen molar-refractivity contribution < 1.29 is 0 Å². The maximum Gasteiger partial charge on any atom is 0.113 e. The second-order valence-electron chi connectivity index (χ2n) is 2.37. The first-order valence-electron chi connectivity index (χ1n) is 2.79. The molecular weight excluding hydrogens is 102 g/mol. The molecule has 46 valence electrons. The molecule has 0 fully saturated rings. The summed E-state index contributed by atoms with van der Waals surface area (Å²) in [6.07, 6.45) is 0.